The zero-order valence-corrected chi connectivity index (χ0v) is 10.5. The Kier molecular flexibility index (Phi) is 4.68. The van der Waals surface area contributed by atoms with Crippen LogP contribution in [0.1, 0.15) is 30.9 Å². The minimum atomic E-state index is -0.722. The van der Waals surface area contributed by atoms with Gasteiger partial charge in [0.1, 0.15) is 0 Å². The molecule has 0 radical (unpaired) electrons. The van der Waals surface area contributed by atoms with Crippen molar-refractivity contribution in [1.82, 2.24) is 9.88 Å². The molecule has 1 aromatic rings. The van der Waals surface area contributed by atoms with Crippen molar-refractivity contribution in [1.29, 1.82) is 5.26 Å². The van der Waals surface area contributed by atoms with Crippen LogP contribution in [0.5, 0.6) is 0 Å². The summed E-state index contributed by atoms with van der Waals surface area (Å²) in [7, 11) is 0. The molecule has 0 bridgehead atoms. The minimum Gasteiger partial charge on any atom is -0.387 e. The summed E-state index contributed by atoms with van der Waals surface area (Å²) < 4.78 is 0. The van der Waals surface area contributed by atoms with Crippen LogP contribution in [-0.4, -0.2) is 34.6 Å². The molecule has 2 rings (SSSR count). The van der Waals surface area contributed by atoms with Crippen molar-refractivity contribution in [2.75, 3.05) is 19.6 Å². The van der Waals surface area contributed by atoms with E-state index in [0.717, 1.165) is 18.7 Å². The largest absolute Gasteiger partial charge is 0.387 e. The van der Waals surface area contributed by atoms with Crippen LogP contribution in [0.3, 0.4) is 0 Å². The van der Waals surface area contributed by atoms with Crippen molar-refractivity contribution in [3.8, 4) is 6.07 Å². The first-order valence-corrected chi connectivity index (χ1v) is 6.51. The van der Waals surface area contributed by atoms with Crippen LogP contribution < -0.4 is 0 Å². The zero-order chi connectivity index (χ0) is 12.8. The Labute approximate surface area is 108 Å². The number of aromatic nitrogens is 1. The highest BCUT2D eigenvalue weighted by molar-refractivity contribution is 5.16. The predicted molar refractivity (Wildman–Crippen MR) is 68.6 cm³/mol. The Morgan fingerprint density at radius 2 is 1.94 bits per heavy atom. The standard InChI is InChI=1S/C14H19N3O/c15-10-13(11-17-8-2-1-3-9-17)14(18)12-4-6-16-7-5-12/h4-7,13-14,18H,1-3,8-9,11H2. The monoisotopic (exact) mass is 245 g/mol. The maximum absolute atomic E-state index is 10.2. The lowest BCUT2D eigenvalue weighted by Crippen LogP contribution is -2.35. The number of pyridine rings is 1. The van der Waals surface area contributed by atoms with E-state index in [9.17, 15) is 10.4 Å². The minimum absolute atomic E-state index is 0.370. The third-order valence-electron chi connectivity index (χ3n) is 3.50. The number of hydrogen-bond acceptors (Lipinski definition) is 4. The SMILES string of the molecule is N#CC(CN1CCCCC1)C(O)c1ccncc1. The number of nitrogens with zero attached hydrogens (tertiary/aromatic N) is 3. The molecule has 4 nitrogen and oxygen atoms in total. The van der Waals surface area contributed by atoms with E-state index in [0.29, 0.717) is 6.54 Å². The molecule has 1 aliphatic heterocycles. The van der Waals surface area contributed by atoms with E-state index < -0.39 is 6.10 Å². The van der Waals surface area contributed by atoms with Crippen LogP contribution in [0.2, 0.25) is 0 Å². The van der Waals surface area contributed by atoms with E-state index in [1.54, 1.807) is 24.5 Å². The molecule has 0 aliphatic carbocycles. The number of aliphatic hydroxyl groups is 1. The van der Waals surface area contributed by atoms with Gasteiger partial charge in [-0.25, -0.2) is 0 Å². The Bertz CT molecular complexity index is 395. The smallest absolute Gasteiger partial charge is 0.0961 e. The highest BCUT2D eigenvalue weighted by Crippen LogP contribution is 2.23. The average Bonchev–Trinajstić information content (AvgIpc) is 2.46. The van der Waals surface area contributed by atoms with Gasteiger partial charge in [0.15, 0.2) is 0 Å². The summed E-state index contributed by atoms with van der Waals surface area (Å²) in [6.07, 6.45) is 6.25. The molecule has 96 valence electrons. The van der Waals surface area contributed by atoms with Gasteiger partial charge in [0, 0.05) is 18.9 Å². The number of nitriles is 1. The highest BCUT2D eigenvalue weighted by Gasteiger charge is 2.24. The van der Waals surface area contributed by atoms with E-state index >= 15 is 0 Å². The molecular formula is C14H19N3O. The number of aliphatic hydroxyl groups excluding tert-OH is 1. The first-order valence-electron chi connectivity index (χ1n) is 6.51. The lowest BCUT2D eigenvalue weighted by molar-refractivity contribution is 0.0989. The summed E-state index contributed by atoms with van der Waals surface area (Å²) in [5.41, 5.74) is 0.772. The molecule has 2 unspecified atom stereocenters. The zero-order valence-electron chi connectivity index (χ0n) is 10.5. The summed E-state index contributed by atoms with van der Waals surface area (Å²) in [5.74, 6) is -0.370. The fraction of sp³-hybridized carbons (Fsp3) is 0.571. The first kappa shape index (κ1) is 13.0. The molecule has 0 spiro atoms. The molecule has 18 heavy (non-hydrogen) atoms. The van der Waals surface area contributed by atoms with Gasteiger partial charge in [-0.15, -0.1) is 0 Å². The number of rotatable bonds is 4. The summed E-state index contributed by atoms with van der Waals surface area (Å²) in [6, 6.07) is 5.77. The normalized spacial score (nSPS) is 20.0. The number of piperidine rings is 1. The van der Waals surface area contributed by atoms with Crippen molar-refractivity contribution in [3.05, 3.63) is 30.1 Å². The predicted octanol–water partition coefficient (Wildman–Crippen LogP) is 1.74. The summed E-state index contributed by atoms with van der Waals surface area (Å²) in [5, 5.41) is 19.5. The summed E-state index contributed by atoms with van der Waals surface area (Å²) in [6.45, 7) is 2.74. The number of likely N-dealkylation sites (tertiary alicyclic amines) is 1. The van der Waals surface area contributed by atoms with E-state index in [-0.39, 0.29) is 5.92 Å². The molecule has 0 aromatic carbocycles. The first-order chi connectivity index (χ1) is 8.81. The van der Waals surface area contributed by atoms with Gasteiger partial charge in [0.2, 0.25) is 0 Å². The van der Waals surface area contributed by atoms with Crippen LogP contribution in [0.15, 0.2) is 24.5 Å². The Morgan fingerprint density at radius 1 is 1.28 bits per heavy atom. The highest BCUT2D eigenvalue weighted by atomic mass is 16.3. The maximum Gasteiger partial charge on any atom is 0.0961 e. The Morgan fingerprint density at radius 3 is 2.56 bits per heavy atom. The van der Waals surface area contributed by atoms with Crippen LogP contribution in [0.4, 0.5) is 0 Å². The van der Waals surface area contributed by atoms with E-state index in [1.165, 1.54) is 19.3 Å². The molecular weight excluding hydrogens is 226 g/mol. The third-order valence-corrected chi connectivity index (χ3v) is 3.50. The fourth-order valence-electron chi connectivity index (χ4n) is 2.42. The van der Waals surface area contributed by atoms with Crippen molar-refractivity contribution < 1.29 is 5.11 Å². The fourth-order valence-corrected chi connectivity index (χ4v) is 2.42. The van der Waals surface area contributed by atoms with Gasteiger partial charge in [0.05, 0.1) is 18.1 Å². The van der Waals surface area contributed by atoms with Gasteiger partial charge in [-0.2, -0.15) is 5.26 Å². The molecule has 1 saturated heterocycles. The lowest BCUT2D eigenvalue weighted by atomic mass is 9.96. The average molecular weight is 245 g/mol. The lowest BCUT2D eigenvalue weighted by Gasteiger charge is -2.29. The summed E-state index contributed by atoms with van der Waals surface area (Å²) in [4.78, 5) is 6.20. The van der Waals surface area contributed by atoms with E-state index in [2.05, 4.69) is 16.0 Å². The van der Waals surface area contributed by atoms with Crippen LogP contribution in [0, 0.1) is 17.2 Å². The van der Waals surface area contributed by atoms with Gasteiger partial charge in [-0.1, -0.05) is 6.42 Å². The molecule has 1 aliphatic rings. The van der Waals surface area contributed by atoms with E-state index in [4.69, 9.17) is 0 Å². The van der Waals surface area contributed by atoms with Crippen molar-refractivity contribution >= 4 is 0 Å². The quantitative estimate of drug-likeness (QED) is 0.877. The molecule has 1 fully saturated rings. The van der Waals surface area contributed by atoms with Gasteiger partial charge in [0.25, 0.3) is 0 Å². The Balaban J connectivity index is 1.98. The van der Waals surface area contributed by atoms with E-state index in [1.807, 2.05) is 0 Å². The summed E-state index contributed by atoms with van der Waals surface area (Å²) >= 11 is 0. The van der Waals surface area contributed by atoms with Gasteiger partial charge >= 0.3 is 0 Å². The molecule has 1 N–H and O–H groups in total. The molecule has 2 atom stereocenters. The molecule has 1 aromatic heterocycles. The molecule has 2 heterocycles. The van der Waals surface area contributed by atoms with Crippen molar-refractivity contribution in [2.24, 2.45) is 5.92 Å². The van der Waals surface area contributed by atoms with Crippen molar-refractivity contribution in [3.63, 3.8) is 0 Å². The Hall–Kier alpha value is -1.44. The van der Waals surface area contributed by atoms with Crippen LogP contribution in [0.25, 0.3) is 0 Å². The molecule has 0 amide bonds. The second-order valence-electron chi connectivity index (χ2n) is 4.82. The van der Waals surface area contributed by atoms with Crippen LogP contribution >= 0.6 is 0 Å². The topological polar surface area (TPSA) is 60.2 Å². The second-order valence-corrected chi connectivity index (χ2v) is 4.82. The van der Waals surface area contributed by atoms with Gasteiger partial charge < -0.3 is 10.0 Å². The van der Waals surface area contributed by atoms with Crippen LogP contribution in [-0.2, 0) is 0 Å². The third kappa shape index (κ3) is 3.28. The van der Waals surface area contributed by atoms with Gasteiger partial charge in [-0.05, 0) is 43.6 Å². The molecule has 0 saturated carbocycles. The second kappa shape index (κ2) is 6.48. The molecule has 4 heteroatoms. The number of hydrogen-bond donors (Lipinski definition) is 1. The van der Waals surface area contributed by atoms with Gasteiger partial charge in [-0.3, -0.25) is 4.98 Å². The van der Waals surface area contributed by atoms with Crippen molar-refractivity contribution in [2.45, 2.75) is 25.4 Å². The maximum atomic E-state index is 10.2.